The Hall–Kier alpha value is -2.21. The first-order valence-corrected chi connectivity index (χ1v) is 8.56. The van der Waals surface area contributed by atoms with Crippen LogP contribution in [0.4, 0.5) is 8.78 Å². The van der Waals surface area contributed by atoms with Gasteiger partial charge in [-0.1, -0.05) is 24.3 Å². The largest absolute Gasteiger partial charge is 0.434 e. The van der Waals surface area contributed by atoms with Gasteiger partial charge in [-0.15, -0.1) is 11.3 Å². The zero-order valence-corrected chi connectivity index (χ0v) is 13.7. The van der Waals surface area contributed by atoms with Gasteiger partial charge in [-0.3, -0.25) is 4.79 Å². The Bertz CT molecular complexity index is 712. The number of benzene rings is 1. The molecule has 1 fully saturated rings. The number of halogens is 2. The Morgan fingerprint density at radius 1 is 1.29 bits per heavy atom. The van der Waals surface area contributed by atoms with E-state index in [1.54, 1.807) is 29.5 Å². The molecule has 1 amide bonds. The molecule has 1 heterocycles. The second kappa shape index (κ2) is 7.57. The summed E-state index contributed by atoms with van der Waals surface area (Å²) in [5.74, 6) is -0.0504. The number of carbonyl (C=O) groups excluding carboxylic acids is 1. The summed E-state index contributed by atoms with van der Waals surface area (Å²) in [7, 11) is 0. The van der Waals surface area contributed by atoms with Crippen molar-refractivity contribution in [1.29, 1.82) is 0 Å². The zero-order chi connectivity index (χ0) is 16.9. The maximum absolute atomic E-state index is 12.5. The predicted octanol–water partition coefficient (Wildman–Crippen LogP) is 4.55. The van der Waals surface area contributed by atoms with Crippen molar-refractivity contribution in [2.24, 2.45) is 0 Å². The van der Waals surface area contributed by atoms with E-state index in [2.05, 4.69) is 4.74 Å². The van der Waals surface area contributed by atoms with Crippen molar-refractivity contribution in [3.63, 3.8) is 0 Å². The third kappa shape index (κ3) is 4.41. The molecule has 0 aliphatic heterocycles. The fourth-order valence-corrected chi connectivity index (χ4v) is 3.12. The number of alkyl halides is 2. The SMILES string of the molecule is O=C(/C=C/c1ccccc1OC(F)F)N(Cc1cccs1)C1CC1. The number of ether oxygens (including phenoxy) is 1. The molecule has 3 rings (SSSR count). The van der Waals surface area contributed by atoms with Gasteiger partial charge >= 0.3 is 6.61 Å². The highest BCUT2D eigenvalue weighted by molar-refractivity contribution is 7.09. The van der Waals surface area contributed by atoms with Gasteiger partial charge in [0, 0.05) is 22.6 Å². The molecular formula is C18H17F2NO2S. The van der Waals surface area contributed by atoms with Crippen LogP contribution in [-0.4, -0.2) is 23.5 Å². The molecule has 1 aliphatic rings. The molecule has 1 aliphatic carbocycles. The first kappa shape index (κ1) is 16.6. The predicted molar refractivity (Wildman–Crippen MR) is 90.0 cm³/mol. The smallest absolute Gasteiger partial charge is 0.387 e. The lowest BCUT2D eigenvalue weighted by Crippen LogP contribution is -2.30. The third-order valence-electron chi connectivity index (χ3n) is 3.72. The molecule has 126 valence electrons. The van der Waals surface area contributed by atoms with E-state index in [-0.39, 0.29) is 17.7 Å². The van der Waals surface area contributed by atoms with E-state index < -0.39 is 6.61 Å². The van der Waals surface area contributed by atoms with Crippen molar-refractivity contribution in [2.45, 2.75) is 32.0 Å². The molecule has 3 nitrogen and oxygen atoms in total. The van der Waals surface area contributed by atoms with Gasteiger partial charge < -0.3 is 9.64 Å². The van der Waals surface area contributed by atoms with Gasteiger partial charge in [-0.25, -0.2) is 0 Å². The molecule has 0 saturated heterocycles. The molecule has 6 heteroatoms. The average Bonchev–Trinajstić information content (AvgIpc) is 3.27. The first-order chi connectivity index (χ1) is 11.6. The third-order valence-corrected chi connectivity index (χ3v) is 4.58. The summed E-state index contributed by atoms with van der Waals surface area (Å²) >= 11 is 1.62. The molecule has 1 aromatic heterocycles. The van der Waals surface area contributed by atoms with E-state index in [0.29, 0.717) is 12.1 Å². The standard InChI is InChI=1S/C18H17F2NO2S/c19-18(20)23-16-6-2-1-4-13(16)7-10-17(22)21(14-8-9-14)12-15-5-3-11-24-15/h1-7,10-11,14,18H,8-9,12H2/b10-7+. The summed E-state index contributed by atoms with van der Waals surface area (Å²) in [6, 6.07) is 10.7. The Kier molecular flexibility index (Phi) is 5.25. The van der Waals surface area contributed by atoms with Crippen molar-refractivity contribution in [3.05, 3.63) is 58.3 Å². The van der Waals surface area contributed by atoms with E-state index in [1.807, 2.05) is 22.4 Å². The number of nitrogens with zero attached hydrogens (tertiary/aromatic N) is 1. The molecule has 0 unspecified atom stereocenters. The van der Waals surface area contributed by atoms with Crippen LogP contribution in [0.5, 0.6) is 5.75 Å². The van der Waals surface area contributed by atoms with Crippen LogP contribution < -0.4 is 4.74 Å². The molecule has 1 saturated carbocycles. The number of para-hydroxylation sites is 1. The summed E-state index contributed by atoms with van der Waals surface area (Å²) < 4.78 is 29.3. The molecule has 0 atom stereocenters. The number of thiophene rings is 1. The van der Waals surface area contributed by atoms with Crippen molar-refractivity contribution in [3.8, 4) is 5.75 Å². The highest BCUT2D eigenvalue weighted by Crippen LogP contribution is 2.30. The lowest BCUT2D eigenvalue weighted by atomic mass is 10.2. The number of carbonyl (C=O) groups is 1. The number of rotatable bonds is 7. The summed E-state index contributed by atoms with van der Waals surface area (Å²) in [5.41, 5.74) is 0.457. The molecule has 0 N–H and O–H groups in total. The molecule has 1 aromatic carbocycles. The van der Waals surface area contributed by atoms with Crippen LogP contribution in [0.2, 0.25) is 0 Å². The Morgan fingerprint density at radius 2 is 2.08 bits per heavy atom. The maximum Gasteiger partial charge on any atom is 0.387 e. The van der Waals surface area contributed by atoms with Gasteiger partial charge in [0.1, 0.15) is 5.75 Å². The van der Waals surface area contributed by atoms with Gasteiger partial charge in [0.15, 0.2) is 0 Å². The van der Waals surface area contributed by atoms with Gasteiger partial charge in [0.25, 0.3) is 0 Å². The van der Waals surface area contributed by atoms with Crippen LogP contribution in [0.15, 0.2) is 47.9 Å². The quantitative estimate of drug-likeness (QED) is 0.686. The van der Waals surface area contributed by atoms with Gasteiger partial charge in [-0.05, 0) is 36.4 Å². The van der Waals surface area contributed by atoms with Crippen molar-refractivity contribution in [2.75, 3.05) is 0 Å². The van der Waals surface area contributed by atoms with Crippen LogP contribution in [0.25, 0.3) is 6.08 Å². The normalized spacial score (nSPS) is 14.3. The van der Waals surface area contributed by atoms with Crippen LogP contribution >= 0.6 is 11.3 Å². The number of amides is 1. The highest BCUT2D eigenvalue weighted by atomic mass is 32.1. The molecule has 0 radical (unpaired) electrons. The van der Waals surface area contributed by atoms with Crippen LogP contribution in [0, 0.1) is 0 Å². The van der Waals surface area contributed by atoms with E-state index in [0.717, 1.165) is 17.7 Å². The van der Waals surface area contributed by atoms with E-state index in [9.17, 15) is 13.6 Å². The number of hydrogen-bond acceptors (Lipinski definition) is 3. The molecule has 2 aromatic rings. The molecule has 0 spiro atoms. The van der Waals surface area contributed by atoms with Gasteiger partial charge in [0.2, 0.25) is 5.91 Å². The van der Waals surface area contributed by atoms with Crippen molar-refractivity contribution in [1.82, 2.24) is 4.90 Å². The first-order valence-electron chi connectivity index (χ1n) is 7.68. The van der Waals surface area contributed by atoms with Crippen molar-refractivity contribution >= 4 is 23.3 Å². The van der Waals surface area contributed by atoms with E-state index in [4.69, 9.17) is 0 Å². The molecule has 0 bridgehead atoms. The maximum atomic E-state index is 12.5. The summed E-state index contributed by atoms with van der Waals surface area (Å²) in [6.45, 7) is -2.31. The van der Waals surface area contributed by atoms with Crippen LogP contribution in [0.3, 0.4) is 0 Å². The fraction of sp³-hybridized carbons (Fsp3) is 0.278. The number of hydrogen-bond donors (Lipinski definition) is 0. The monoisotopic (exact) mass is 349 g/mol. The topological polar surface area (TPSA) is 29.5 Å². The van der Waals surface area contributed by atoms with Gasteiger partial charge in [-0.2, -0.15) is 8.78 Å². The van der Waals surface area contributed by atoms with Crippen molar-refractivity contribution < 1.29 is 18.3 Å². The average molecular weight is 349 g/mol. The minimum atomic E-state index is -2.89. The lowest BCUT2D eigenvalue weighted by molar-refractivity contribution is -0.127. The summed E-state index contributed by atoms with van der Waals surface area (Å²) in [4.78, 5) is 15.5. The highest BCUT2D eigenvalue weighted by Gasteiger charge is 2.31. The molecular weight excluding hydrogens is 332 g/mol. The van der Waals surface area contributed by atoms with E-state index in [1.165, 1.54) is 18.2 Å². The fourth-order valence-electron chi connectivity index (χ4n) is 2.42. The minimum absolute atomic E-state index is 0.0628. The Labute approximate surface area is 143 Å². The van der Waals surface area contributed by atoms with Gasteiger partial charge in [0.05, 0.1) is 6.54 Å². The second-order valence-corrected chi connectivity index (χ2v) is 6.56. The van der Waals surface area contributed by atoms with Crippen LogP contribution in [0.1, 0.15) is 23.3 Å². The second-order valence-electron chi connectivity index (χ2n) is 5.53. The van der Waals surface area contributed by atoms with Crippen LogP contribution in [-0.2, 0) is 11.3 Å². The summed E-state index contributed by atoms with van der Waals surface area (Å²) in [5, 5.41) is 1.98. The zero-order valence-electron chi connectivity index (χ0n) is 12.9. The minimum Gasteiger partial charge on any atom is -0.434 e. The summed E-state index contributed by atoms with van der Waals surface area (Å²) in [6.07, 6.45) is 4.98. The lowest BCUT2D eigenvalue weighted by Gasteiger charge is -2.20. The Balaban J connectivity index is 1.71. The van der Waals surface area contributed by atoms with E-state index >= 15 is 0 Å². The Morgan fingerprint density at radius 3 is 2.75 bits per heavy atom. The molecule has 24 heavy (non-hydrogen) atoms.